The lowest BCUT2D eigenvalue weighted by molar-refractivity contribution is -2.00. The number of anilines is 3. The topological polar surface area (TPSA) is 98.5 Å². The van der Waals surface area contributed by atoms with Crippen molar-refractivity contribution in [3.8, 4) is 0 Å². The standard InChI is InChI=1S/C19H19N2S.ClHO4/c1-20(2)15-18-13-14-19(22-18)21(16-9-5-3-6-10-16)17-11-7-4-8-12-17;2-1(3,4)5/h3-15H,1-2H3;(H,2,3,4,5)/q+1;/p-1. The fourth-order valence-corrected chi connectivity index (χ4v) is 3.42. The Kier molecular flexibility index (Phi) is 7.49. The zero-order chi connectivity index (χ0) is 19.9. The van der Waals surface area contributed by atoms with Gasteiger partial charge in [-0.3, -0.25) is 0 Å². The molecule has 142 valence electrons. The van der Waals surface area contributed by atoms with Crippen LogP contribution in [-0.2, 0) is 0 Å². The Bertz CT molecular complexity index is 815. The fourth-order valence-electron chi connectivity index (χ4n) is 2.34. The highest BCUT2D eigenvalue weighted by atomic mass is 35.7. The van der Waals surface area contributed by atoms with Gasteiger partial charge in [0.15, 0.2) is 6.21 Å². The van der Waals surface area contributed by atoms with Crippen LogP contribution in [0.3, 0.4) is 0 Å². The number of halogens is 1. The van der Waals surface area contributed by atoms with Gasteiger partial charge in [-0.25, -0.2) is 23.2 Å². The number of hydrogen-bond donors (Lipinski definition) is 0. The summed E-state index contributed by atoms with van der Waals surface area (Å²) in [6.07, 6.45) is 2.14. The van der Waals surface area contributed by atoms with E-state index in [-0.39, 0.29) is 0 Å². The van der Waals surface area contributed by atoms with E-state index in [1.165, 1.54) is 21.3 Å². The number of thiophene rings is 1. The molecule has 2 aromatic carbocycles. The molecule has 6 nitrogen and oxygen atoms in total. The van der Waals surface area contributed by atoms with Gasteiger partial charge < -0.3 is 4.90 Å². The Balaban J connectivity index is 0.000000465. The molecule has 0 radical (unpaired) electrons. The van der Waals surface area contributed by atoms with Crippen LogP contribution in [0.5, 0.6) is 0 Å². The highest BCUT2D eigenvalue weighted by Crippen LogP contribution is 2.37. The molecular weight excluding hydrogens is 388 g/mol. The van der Waals surface area contributed by atoms with E-state index in [9.17, 15) is 0 Å². The van der Waals surface area contributed by atoms with Crippen molar-refractivity contribution in [3.63, 3.8) is 0 Å². The van der Waals surface area contributed by atoms with Crippen LogP contribution in [0.2, 0.25) is 0 Å². The first-order valence-electron chi connectivity index (χ1n) is 7.87. The van der Waals surface area contributed by atoms with Crippen LogP contribution < -0.4 is 23.5 Å². The molecule has 0 fully saturated rings. The average Bonchev–Trinajstić information content (AvgIpc) is 3.03. The zero-order valence-electron chi connectivity index (χ0n) is 14.8. The third-order valence-electron chi connectivity index (χ3n) is 3.25. The van der Waals surface area contributed by atoms with E-state index >= 15 is 0 Å². The van der Waals surface area contributed by atoms with Crippen LogP contribution in [0.1, 0.15) is 4.88 Å². The Hall–Kier alpha value is -2.26. The Morgan fingerprint density at radius 2 is 1.22 bits per heavy atom. The van der Waals surface area contributed by atoms with Crippen molar-refractivity contribution in [1.82, 2.24) is 0 Å². The summed E-state index contributed by atoms with van der Waals surface area (Å²) in [5.74, 6) is 0. The number of hydrogen-bond acceptors (Lipinski definition) is 6. The molecule has 0 aliphatic heterocycles. The van der Waals surface area contributed by atoms with Crippen LogP contribution in [0.25, 0.3) is 0 Å². The molecule has 0 amide bonds. The van der Waals surface area contributed by atoms with Crippen LogP contribution in [0.4, 0.5) is 16.4 Å². The predicted molar refractivity (Wildman–Crippen MR) is 96.3 cm³/mol. The first-order valence-corrected chi connectivity index (χ1v) is 9.92. The van der Waals surface area contributed by atoms with Gasteiger partial charge in [0.1, 0.15) is 19.1 Å². The number of para-hydroxylation sites is 2. The highest BCUT2D eigenvalue weighted by Gasteiger charge is 2.14. The van der Waals surface area contributed by atoms with E-state index in [0.29, 0.717) is 0 Å². The van der Waals surface area contributed by atoms with Gasteiger partial charge in [-0.2, -0.15) is 0 Å². The summed E-state index contributed by atoms with van der Waals surface area (Å²) >= 11 is 1.79. The van der Waals surface area contributed by atoms with Gasteiger partial charge in [-0.1, -0.05) is 36.4 Å². The Morgan fingerprint density at radius 3 is 1.63 bits per heavy atom. The largest absolute Gasteiger partial charge is 0.302 e. The highest BCUT2D eigenvalue weighted by molar-refractivity contribution is 7.17. The minimum Gasteiger partial charge on any atom is -0.302 e. The zero-order valence-corrected chi connectivity index (χ0v) is 16.4. The monoisotopic (exact) mass is 406 g/mol. The Labute approximate surface area is 164 Å². The smallest absolute Gasteiger partial charge is 0.180 e. The van der Waals surface area contributed by atoms with Crippen LogP contribution in [0, 0.1) is 10.2 Å². The molecule has 0 spiro atoms. The normalized spacial score (nSPS) is 10.6. The van der Waals surface area contributed by atoms with Gasteiger partial charge in [-0.15, -0.1) is 21.6 Å². The number of rotatable bonds is 4. The summed E-state index contributed by atoms with van der Waals surface area (Å²) in [5, 5.41) is 1.21. The summed E-state index contributed by atoms with van der Waals surface area (Å²) in [4.78, 5) is 3.54. The fraction of sp³-hybridized carbons (Fsp3) is 0.105. The predicted octanol–water partition coefficient (Wildman–Crippen LogP) is 0.153. The molecule has 1 aromatic heterocycles. The summed E-state index contributed by atoms with van der Waals surface area (Å²) in [6, 6.07) is 25.3. The minimum absolute atomic E-state index is 1.17. The van der Waals surface area contributed by atoms with Gasteiger partial charge in [-0.05, 0) is 36.4 Å². The van der Waals surface area contributed by atoms with Gasteiger partial charge in [0.05, 0.1) is 4.88 Å². The molecule has 0 aliphatic carbocycles. The molecule has 0 bridgehead atoms. The summed E-state index contributed by atoms with van der Waals surface area (Å²) in [5.41, 5.74) is 2.35. The molecule has 1 heterocycles. The van der Waals surface area contributed by atoms with Crippen molar-refractivity contribution in [2.24, 2.45) is 0 Å². The maximum atomic E-state index is 8.49. The van der Waals surface area contributed by atoms with Gasteiger partial charge >= 0.3 is 0 Å². The second-order valence-corrected chi connectivity index (χ2v) is 7.50. The van der Waals surface area contributed by atoms with E-state index < -0.39 is 10.2 Å². The van der Waals surface area contributed by atoms with Crippen molar-refractivity contribution < 1.29 is 33.5 Å². The molecule has 27 heavy (non-hydrogen) atoms. The van der Waals surface area contributed by atoms with E-state index in [2.05, 4.69) is 76.4 Å². The molecule has 0 unspecified atom stereocenters. The van der Waals surface area contributed by atoms with E-state index in [1.54, 1.807) is 11.3 Å². The molecule has 0 aliphatic rings. The molecule has 3 aromatic rings. The first kappa shape index (κ1) is 21.0. The maximum Gasteiger partial charge on any atom is 0.180 e. The Morgan fingerprint density at radius 1 is 0.778 bits per heavy atom. The van der Waals surface area contributed by atoms with E-state index in [4.69, 9.17) is 18.6 Å². The van der Waals surface area contributed by atoms with E-state index in [1.807, 2.05) is 26.2 Å². The molecule has 0 saturated heterocycles. The number of nitrogens with zero attached hydrogens (tertiary/aromatic N) is 2. The summed E-state index contributed by atoms with van der Waals surface area (Å²) in [6.45, 7) is 0. The molecule has 0 N–H and O–H groups in total. The van der Waals surface area contributed by atoms with Crippen molar-refractivity contribution in [2.45, 2.75) is 0 Å². The van der Waals surface area contributed by atoms with Crippen LogP contribution >= 0.6 is 11.3 Å². The molecule has 0 saturated carbocycles. The molecule has 0 atom stereocenters. The van der Waals surface area contributed by atoms with Crippen molar-refractivity contribution in [2.75, 3.05) is 19.0 Å². The molecule has 8 heteroatoms. The lowest BCUT2D eigenvalue weighted by Crippen LogP contribution is -2.68. The van der Waals surface area contributed by atoms with E-state index in [0.717, 1.165) is 0 Å². The molecule has 3 rings (SSSR count). The first-order chi connectivity index (χ1) is 12.7. The second-order valence-electron chi connectivity index (χ2n) is 5.65. The number of benzene rings is 2. The van der Waals surface area contributed by atoms with Gasteiger partial charge in [0.2, 0.25) is 0 Å². The maximum absolute atomic E-state index is 8.49. The van der Waals surface area contributed by atoms with Crippen molar-refractivity contribution in [3.05, 3.63) is 77.7 Å². The third kappa shape index (κ3) is 7.48. The summed E-state index contributed by atoms with van der Waals surface area (Å²) in [7, 11) is -0.850. The van der Waals surface area contributed by atoms with Gasteiger partial charge in [0, 0.05) is 11.4 Å². The van der Waals surface area contributed by atoms with Gasteiger partial charge in [0.25, 0.3) is 0 Å². The van der Waals surface area contributed by atoms with Crippen LogP contribution in [0.15, 0.2) is 72.8 Å². The lowest BCUT2D eigenvalue weighted by atomic mass is 10.2. The average molecular weight is 407 g/mol. The molecular formula is C19H19ClN2O4S. The SMILES string of the molecule is C[N+](C)=Cc1ccc(N(c2ccccc2)c2ccccc2)s1.[O-][Cl+3]([O-])([O-])[O-]. The summed E-state index contributed by atoms with van der Waals surface area (Å²) < 4.78 is 36.0. The quantitative estimate of drug-likeness (QED) is 0.453. The van der Waals surface area contributed by atoms with Crippen LogP contribution in [-0.4, -0.2) is 24.9 Å². The third-order valence-corrected chi connectivity index (χ3v) is 4.25. The lowest BCUT2D eigenvalue weighted by Gasteiger charge is -2.23. The minimum atomic E-state index is -4.94. The second kappa shape index (κ2) is 9.61. The van der Waals surface area contributed by atoms with Crippen molar-refractivity contribution in [1.29, 1.82) is 0 Å². The van der Waals surface area contributed by atoms with Crippen molar-refractivity contribution >= 4 is 33.9 Å².